The number of carbonyl (C=O) groups is 3. The van der Waals surface area contributed by atoms with Crippen LogP contribution in [0.5, 0.6) is 5.75 Å². The summed E-state index contributed by atoms with van der Waals surface area (Å²) < 4.78 is 5.53. The van der Waals surface area contributed by atoms with Gasteiger partial charge in [-0.1, -0.05) is 30.5 Å². The Kier molecular flexibility index (Phi) is 6.87. The van der Waals surface area contributed by atoms with E-state index in [2.05, 4.69) is 5.32 Å². The van der Waals surface area contributed by atoms with Gasteiger partial charge in [0.1, 0.15) is 11.8 Å². The summed E-state index contributed by atoms with van der Waals surface area (Å²) in [6.45, 7) is 3.38. The number of anilines is 1. The number of nitrogens with zero attached hydrogens (tertiary/aromatic N) is 1. The second kappa shape index (κ2) is 9.57. The molecule has 1 atom stereocenters. The molecule has 0 saturated heterocycles. The van der Waals surface area contributed by atoms with Crippen LogP contribution in [0.1, 0.15) is 48.5 Å². The van der Waals surface area contributed by atoms with Gasteiger partial charge in [-0.3, -0.25) is 9.59 Å². The van der Waals surface area contributed by atoms with Crippen molar-refractivity contribution in [3.05, 3.63) is 59.7 Å². The topological polar surface area (TPSA) is 75.7 Å². The molecule has 1 aliphatic carbocycles. The average molecular weight is 408 g/mol. The average Bonchev–Trinajstić information content (AvgIpc) is 3.26. The van der Waals surface area contributed by atoms with Crippen LogP contribution in [0.3, 0.4) is 0 Å². The molecule has 6 nitrogen and oxygen atoms in total. The van der Waals surface area contributed by atoms with Crippen LogP contribution in [0.15, 0.2) is 48.5 Å². The largest absolute Gasteiger partial charge is 0.425 e. The lowest BCUT2D eigenvalue weighted by Gasteiger charge is -2.22. The van der Waals surface area contributed by atoms with Crippen molar-refractivity contribution in [2.45, 2.75) is 45.6 Å². The van der Waals surface area contributed by atoms with Gasteiger partial charge in [0.25, 0.3) is 5.91 Å². The Morgan fingerprint density at radius 2 is 1.60 bits per heavy atom. The van der Waals surface area contributed by atoms with Crippen molar-refractivity contribution in [1.82, 2.24) is 5.32 Å². The predicted molar refractivity (Wildman–Crippen MR) is 116 cm³/mol. The van der Waals surface area contributed by atoms with Crippen LogP contribution < -0.4 is 15.0 Å². The third-order valence-electron chi connectivity index (χ3n) is 5.53. The van der Waals surface area contributed by atoms with Gasteiger partial charge in [-0.15, -0.1) is 0 Å². The summed E-state index contributed by atoms with van der Waals surface area (Å²) in [5.41, 5.74) is 2.39. The molecular formula is C24H28N2O4. The van der Waals surface area contributed by atoms with E-state index in [1.807, 2.05) is 19.1 Å². The Morgan fingerprint density at radius 1 is 1.00 bits per heavy atom. The molecule has 0 radical (unpaired) electrons. The maximum atomic E-state index is 12.7. The van der Waals surface area contributed by atoms with Crippen LogP contribution in [0.2, 0.25) is 0 Å². The highest BCUT2D eigenvalue weighted by molar-refractivity contribution is 6.05. The van der Waals surface area contributed by atoms with Crippen molar-refractivity contribution in [3.8, 4) is 5.75 Å². The molecule has 2 amide bonds. The molecule has 1 aliphatic rings. The summed E-state index contributed by atoms with van der Waals surface area (Å²) >= 11 is 0. The Hall–Kier alpha value is -3.15. The summed E-state index contributed by atoms with van der Waals surface area (Å²) in [6, 6.07) is 13.6. The maximum Gasteiger partial charge on any atom is 0.334 e. The van der Waals surface area contributed by atoms with E-state index in [0.717, 1.165) is 31.2 Å². The SMILES string of the molecule is CC(=O)NC(C(=O)Oc1ccc(N(C)C(=O)c2ccc(C)cc2)cc1)C1CCCC1. The Bertz CT molecular complexity index is 900. The zero-order valence-electron chi connectivity index (χ0n) is 17.7. The fraction of sp³-hybridized carbons (Fsp3) is 0.375. The number of esters is 1. The first-order valence-electron chi connectivity index (χ1n) is 10.3. The van der Waals surface area contributed by atoms with E-state index in [-0.39, 0.29) is 17.7 Å². The molecule has 0 aromatic heterocycles. The van der Waals surface area contributed by atoms with Gasteiger partial charge < -0.3 is 15.0 Å². The molecule has 1 N–H and O–H groups in total. The van der Waals surface area contributed by atoms with Gasteiger partial charge in [0.2, 0.25) is 5.91 Å². The number of hydrogen-bond acceptors (Lipinski definition) is 4. The van der Waals surface area contributed by atoms with Crippen molar-refractivity contribution >= 4 is 23.5 Å². The second-order valence-electron chi connectivity index (χ2n) is 7.87. The maximum absolute atomic E-state index is 12.7. The fourth-order valence-electron chi connectivity index (χ4n) is 3.80. The molecule has 30 heavy (non-hydrogen) atoms. The van der Waals surface area contributed by atoms with E-state index in [1.54, 1.807) is 48.3 Å². The minimum atomic E-state index is -0.629. The first kappa shape index (κ1) is 21.6. The van der Waals surface area contributed by atoms with E-state index in [4.69, 9.17) is 4.74 Å². The Labute approximate surface area is 177 Å². The van der Waals surface area contributed by atoms with E-state index in [9.17, 15) is 14.4 Å². The van der Waals surface area contributed by atoms with E-state index < -0.39 is 12.0 Å². The predicted octanol–water partition coefficient (Wildman–Crippen LogP) is 3.87. The third-order valence-corrected chi connectivity index (χ3v) is 5.53. The lowest BCUT2D eigenvalue weighted by molar-refractivity contribution is -0.140. The molecule has 1 fully saturated rings. The first-order chi connectivity index (χ1) is 14.3. The molecule has 2 aromatic rings. The zero-order valence-corrected chi connectivity index (χ0v) is 17.7. The van der Waals surface area contributed by atoms with Gasteiger partial charge in [-0.25, -0.2) is 4.79 Å². The van der Waals surface area contributed by atoms with Crippen LogP contribution in [0.25, 0.3) is 0 Å². The molecule has 0 heterocycles. The van der Waals surface area contributed by atoms with Crippen molar-refractivity contribution in [2.24, 2.45) is 5.92 Å². The van der Waals surface area contributed by atoms with Crippen LogP contribution in [-0.2, 0) is 9.59 Å². The van der Waals surface area contributed by atoms with Gasteiger partial charge in [0, 0.05) is 25.2 Å². The summed E-state index contributed by atoms with van der Waals surface area (Å²) in [7, 11) is 1.70. The minimum Gasteiger partial charge on any atom is -0.425 e. The molecule has 3 rings (SSSR count). The third kappa shape index (κ3) is 5.26. The molecular weight excluding hydrogens is 380 g/mol. The summed E-state index contributed by atoms with van der Waals surface area (Å²) in [5, 5.41) is 2.74. The van der Waals surface area contributed by atoms with Crippen molar-refractivity contribution in [2.75, 3.05) is 11.9 Å². The second-order valence-corrected chi connectivity index (χ2v) is 7.87. The molecule has 158 valence electrons. The first-order valence-corrected chi connectivity index (χ1v) is 10.3. The highest BCUT2D eigenvalue weighted by atomic mass is 16.5. The number of hydrogen-bond donors (Lipinski definition) is 1. The van der Waals surface area contributed by atoms with E-state index >= 15 is 0 Å². The highest BCUT2D eigenvalue weighted by Gasteiger charge is 2.32. The Morgan fingerprint density at radius 3 is 2.17 bits per heavy atom. The van der Waals surface area contributed by atoms with Gasteiger partial charge >= 0.3 is 5.97 Å². The molecule has 0 bridgehead atoms. The molecule has 2 aromatic carbocycles. The number of rotatable bonds is 6. The lowest BCUT2D eigenvalue weighted by atomic mass is 9.98. The number of aryl methyl sites for hydroxylation is 1. The van der Waals surface area contributed by atoms with E-state index in [0.29, 0.717) is 17.0 Å². The minimum absolute atomic E-state index is 0.110. The standard InChI is InChI=1S/C24H28N2O4/c1-16-8-10-19(11-9-16)23(28)26(3)20-12-14-21(15-13-20)30-24(29)22(25-17(2)27)18-6-4-5-7-18/h8-15,18,22H,4-7H2,1-3H3,(H,25,27). The highest BCUT2D eigenvalue weighted by Crippen LogP contribution is 2.29. The van der Waals surface area contributed by atoms with Crippen LogP contribution in [-0.4, -0.2) is 30.9 Å². The lowest BCUT2D eigenvalue weighted by Crippen LogP contribution is -2.46. The number of benzene rings is 2. The number of carbonyl (C=O) groups excluding carboxylic acids is 3. The van der Waals surface area contributed by atoms with Crippen molar-refractivity contribution < 1.29 is 19.1 Å². The smallest absolute Gasteiger partial charge is 0.334 e. The molecule has 1 saturated carbocycles. The number of ether oxygens (including phenoxy) is 1. The molecule has 0 spiro atoms. The quantitative estimate of drug-likeness (QED) is 0.582. The van der Waals surface area contributed by atoms with Gasteiger partial charge in [0.15, 0.2) is 0 Å². The summed E-state index contributed by atoms with van der Waals surface area (Å²) in [5.74, 6) is -0.316. The Balaban J connectivity index is 1.66. The van der Waals surface area contributed by atoms with E-state index in [1.165, 1.54) is 6.92 Å². The van der Waals surface area contributed by atoms with Gasteiger partial charge in [0.05, 0.1) is 0 Å². The van der Waals surface area contributed by atoms with Crippen molar-refractivity contribution in [3.63, 3.8) is 0 Å². The molecule has 6 heteroatoms. The normalized spacial score (nSPS) is 14.8. The number of nitrogens with one attached hydrogen (secondary N) is 1. The summed E-state index contributed by atoms with van der Waals surface area (Å²) in [4.78, 5) is 38.4. The van der Waals surface area contributed by atoms with Gasteiger partial charge in [-0.2, -0.15) is 0 Å². The molecule has 1 unspecified atom stereocenters. The van der Waals surface area contributed by atoms with Crippen LogP contribution in [0, 0.1) is 12.8 Å². The van der Waals surface area contributed by atoms with Gasteiger partial charge in [-0.05, 0) is 62.1 Å². The fourth-order valence-corrected chi connectivity index (χ4v) is 3.80. The van der Waals surface area contributed by atoms with Crippen molar-refractivity contribution in [1.29, 1.82) is 0 Å². The van der Waals surface area contributed by atoms with Crippen LogP contribution in [0.4, 0.5) is 5.69 Å². The summed E-state index contributed by atoms with van der Waals surface area (Å²) in [6.07, 6.45) is 3.93. The number of amides is 2. The van der Waals surface area contributed by atoms with Crippen LogP contribution >= 0.6 is 0 Å². The zero-order chi connectivity index (χ0) is 21.7. The molecule has 0 aliphatic heterocycles. The monoisotopic (exact) mass is 408 g/mol.